The molecule has 0 aliphatic carbocycles. The van der Waals surface area contributed by atoms with Crippen molar-refractivity contribution in [3.63, 3.8) is 0 Å². The molecule has 0 fully saturated rings. The minimum Gasteiger partial charge on any atom is -0.339 e. The van der Waals surface area contributed by atoms with E-state index in [1.165, 1.54) is 30.5 Å². The van der Waals surface area contributed by atoms with Gasteiger partial charge in [0, 0.05) is 16.7 Å². The summed E-state index contributed by atoms with van der Waals surface area (Å²) in [6.45, 7) is 0. The lowest BCUT2D eigenvalue weighted by molar-refractivity contribution is -0.137. The predicted molar refractivity (Wildman–Crippen MR) is 89.1 cm³/mol. The van der Waals surface area contributed by atoms with Gasteiger partial charge in [0.1, 0.15) is 6.04 Å². The normalized spacial score (nSPS) is 15.2. The molecule has 0 bridgehead atoms. The Hall–Kier alpha value is -2.49. The summed E-state index contributed by atoms with van der Waals surface area (Å²) in [6.07, 6.45) is -6.45. The van der Waals surface area contributed by atoms with Crippen LogP contribution in [0.2, 0.25) is 0 Å². The largest absolute Gasteiger partial charge is 0.416 e. The predicted octanol–water partition coefficient (Wildman–Crippen LogP) is 4.48. The first-order valence-corrected chi connectivity index (χ1v) is 9.46. The molecule has 2 unspecified atom stereocenters. The monoisotopic (exact) mass is 406 g/mol. The molecule has 0 aliphatic rings. The second-order valence-electron chi connectivity index (χ2n) is 5.77. The Bertz CT molecular complexity index is 908. The van der Waals surface area contributed by atoms with Crippen molar-refractivity contribution in [3.8, 4) is 0 Å². The van der Waals surface area contributed by atoms with Crippen molar-refractivity contribution in [1.29, 1.82) is 4.78 Å². The summed E-state index contributed by atoms with van der Waals surface area (Å²) >= 11 is 0. The third-order valence-electron chi connectivity index (χ3n) is 3.70. The second-order valence-corrected chi connectivity index (χ2v) is 7.93. The first-order chi connectivity index (χ1) is 12.4. The fourth-order valence-electron chi connectivity index (χ4n) is 2.26. The summed E-state index contributed by atoms with van der Waals surface area (Å²) in [7, 11) is -2.98. The molecule has 2 atom stereocenters. The Balaban J connectivity index is 2.22. The highest BCUT2D eigenvalue weighted by molar-refractivity contribution is 7.91. The maximum absolute atomic E-state index is 13.3. The van der Waals surface area contributed by atoms with Crippen LogP contribution >= 0.6 is 0 Å². The summed E-state index contributed by atoms with van der Waals surface area (Å²) in [4.78, 5) is 12.4. The zero-order valence-corrected chi connectivity index (χ0v) is 14.7. The third-order valence-corrected chi connectivity index (χ3v) is 4.87. The number of carbonyl (C=O) groups excluding carboxylic acids is 1. The number of rotatable bonds is 5. The van der Waals surface area contributed by atoms with E-state index in [2.05, 4.69) is 5.32 Å². The van der Waals surface area contributed by atoms with Gasteiger partial charge in [-0.15, -0.1) is 0 Å². The number of nitrogens with one attached hydrogen (secondary N) is 2. The molecule has 4 nitrogen and oxygen atoms in total. The molecular formula is C17H15F5N2O2S. The lowest BCUT2D eigenvalue weighted by atomic mass is 10.0. The number of hydrogen-bond acceptors (Lipinski definition) is 3. The molecule has 2 aromatic carbocycles. The van der Waals surface area contributed by atoms with Crippen LogP contribution in [0.1, 0.15) is 27.5 Å². The molecule has 1 amide bonds. The fourth-order valence-corrected chi connectivity index (χ4v) is 2.92. The molecule has 0 aliphatic heterocycles. The maximum Gasteiger partial charge on any atom is 0.416 e. The quantitative estimate of drug-likeness (QED) is 0.719. The van der Waals surface area contributed by atoms with Crippen molar-refractivity contribution in [2.45, 2.75) is 23.5 Å². The van der Waals surface area contributed by atoms with Crippen LogP contribution in [0.4, 0.5) is 22.0 Å². The van der Waals surface area contributed by atoms with Gasteiger partial charge in [-0.25, -0.2) is 17.8 Å². The summed E-state index contributed by atoms with van der Waals surface area (Å²) in [5.74, 6) is -0.876. The molecule has 2 N–H and O–H groups in total. The van der Waals surface area contributed by atoms with Gasteiger partial charge in [0.2, 0.25) is 0 Å². The molecule has 0 spiro atoms. The molecule has 27 heavy (non-hydrogen) atoms. The molecular weight excluding hydrogens is 391 g/mol. The first kappa shape index (κ1) is 20.8. The fraction of sp³-hybridized carbons (Fsp3) is 0.235. The van der Waals surface area contributed by atoms with E-state index in [9.17, 15) is 31.0 Å². The van der Waals surface area contributed by atoms with E-state index < -0.39 is 39.8 Å². The van der Waals surface area contributed by atoms with E-state index in [0.717, 1.165) is 12.1 Å². The minimum absolute atomic E-state index is 0.0139. The van der Waals surface area contributed by atoms with Gasteiger partial charge in [-0.2, -0.15) is 13.2 Å². The van der Waals surface area contributed by atoms with Crippen LogP contribution in [0, 0.1) is 4.78 Å². The van der Waals surface area contributed by atoms with E-state index in [1.807, 2.05) is 0 Å². The van der Waals surface area contributed by atoms with Crippen LogP contribution in [0.15, 0.2) is 53.4 Å². The molecule has 0 heterocycles. The van der Waals surface area contributed by atoms with Crippen molar-refractivity contribution in [2.75, 3.05) is 6.26 Å². The third kappa shape index (κ3) is 5.25. The highest BCUT2D eigenvalue weighted by Crippen LogP contribution is 2.31. The van der Waals surface area contributed by atoms with Crippen LogP contribution in [0.3, 0.4) is 0 Å². The van der Waals surface area contributed by atoms with E-state index in [1.54, 1.807) is 0 Å². The van der Waals surface area contributed by atoms with E-state index in [0.29, 0.717) is 12.1 Å². The Labute approximate surface area is 152 Å². The summed E-state index contributed by atoms with van der Waals surface area (Å²) in [5.41, 5.74) is -1.18. The molecule has 0 radical (unpaired) electrons. The molecule has 2 aromatic rings. The number of halogens is 5. The lowest BCUT2D eigenvalue weighted by Gasteiger charge is -2.19. The van der Waals surface area contributed by atoms with Crippen molar-refractivity contribution >= 4 is 15.6 Å². The summed E-state index contributed by atoms with van der Waals surface area (Å²) < 4.78 is 83.4. The van der Waals surface area contributed by atoms with Gasteiger partial charge < -0.3 is 5.32 Å². The smallest absolute Gasteiger partial charge is 0.339 e. The van der Waals surface area contributed by atoms with E-state index in [-0.39, 0.29) is 16.0 Å². The van der Waals surface area contributed by atoms with Gasteiger partial charge in [-0.05, 0) is 42.0 Å². The van der Waals surface area contributed by atoms with Gasteiger partial charge in [-0.1, -0.05) is 12.1 Å². The van der Waals surface area contributed by atoms with Gasteiger partial charge >= 0.3 is 6.18 Å². The Morgan fingerprint density at radius 1 is 1.04 bits per heavy atom. The average molecular weight is 406 g/mol. The topological polar surface area (TPSA) is 70.0 Å². The highest BCUT2D eigenvalue weighted by atomic mass is 32.2. The van der Waals surface area contributed by atoms with E-state index in [4.69, 9.17) is 4.78 Å². The van der Waals surface area contributed by atoms with Crippen molar-refractivity contribution in [2.24, 2.45) is 0 Å². The maximum atomic E-state index is 13.3. The number of benzene rings is 2. The van der Waals surface area contributed by atoms with Gasteiger partial charge in [0.05, 0.1) is 15.3 Å². The standard InChI is InChI=1S/C17H15F5N2O2S/c1-27(23,26)13-8-4-11(5-9-13)16(25)24-14(15(18)19)10-2-6-12(7-3-10)17(20,21)22/h2-9,14-15,23H,1H3,(H,24,25). The van der Waals surface area contributed by atoms with E-state index >= 15 is 0 Å². The van der Waals surface area contributed by atoms with Crippen molar-refractivity contribution in [1.82, 2.24) is 5.32 Å². The molecule has 0 aromatic heterocycles. The number of amides is 1. The van der Waals surface area contributed by atoms with Crippen molar-refractivity contribution in [3.05, 3.63) is 65.2 Å². The van der Waals surface area contributed by atoms with Crippen LogP contribution in [-0.2, 0) is 15.9 Å². The zero-order chi connectivity index (χ0) is 20.4. The molecule has 146 valence electrons. The Morgan fingerprint density at radius 2 is 1.56 bits per heavy atom. The SMILES string of the molecule is CS(=N)(=O)c1ccc(C(=O)NC(c2ccc(C(F)(F)F)cc2)C(F)F)cc1. The molecule has 0 saturated carbocycles. The van der Waals surface area contributed by atoms with Crippen LogP contribution in [0.5, 0.6) is 0 Å². The highest BCUT2D eigenvalue weighted by Gasteiger charge is 2.31. The molecule has 0 saturated heterocycles. The Kier molecular flexibility index (Phi) is 5.88. The first-order valence-electron chi connectivity index (χ1n) is 7.49. The van der Waals surface area contributed by atoms with Gasteiger partial charge in [0.15, 0.2) is 0 Å². The van der Waals surface area contributed by atoms with Crippen molar-refractivity contribution < 1.29 is 31.0 Å². The molecule has 2 rings (SSSR count). The van der Waals surface area contributed by atoms with Gasteiger partial charge in [-0.3, -0.25) is 4.79 Å². The summed E-state index contributed by atoms with van der Waals surface area (Å²) in [5, 5.41) is 2.08. The van der Waals surface area contributed by atoms with Gasteiger partial charge in [0.25, 0.3) is 12.3 Å². The Morgan fingerprint density at radius 3 is 1.96 bits per heavy atom. The lowest BCUT2D eigenvalue weighted by Crippen LogP contribution is -2.33. The van der Waals surface area contributed by atoms with Crippen LogP contribution in [-0.4, -0.2) is 22.8 Å². The van der Waals surface area contributed by atoms with Crippen LogP contribution < -0.4 is 5.32 Å². The number of carbonyl (C=O) groups is 1. The zero-order valence-electron chi connectivity index (χ0n) is 13.9. The summed E-state index contributed by atoms with van der Waals surface area (Å²) in [6, 6.07) is 6.32. The minimum atomic E-state index is -4.60. The number of alkyl halides is 5. The van der Waals surface area contributed by atoms with Crippen LogP contribution in [0.25, 0.3) is 0 Å². The average Bonchev–Trinajstić information content (AvgIpc) is 2.58. The second kappa shape index (κ2) is 7.63. The number of hydrogen-bond donors (Lipinski definition) is 2. The molecule has 10 heteroatoms.